The molecule has 0 aromatic heterocycles. The van der Waals surface area contributed by atoms with Crippen LogP contribution < -0.4 is 10.5 Å². The SMILES string of the molecule is COc1cc([C@@H](N)[C@@H](O)CCC(C)C)ccc1F. The molecule has 1 aromatic rings. The number of aliphatic hydroxyl groups excluding tert-OH is 1. The van der Waals surface area contributed by atoms with Gasteiger partial charge < -0.3 is 15.6 Å². The van der Waals surface area contributed by atoms with Gasteiger partial charge in [0.25, 0.3) is 0 Å². The molecule has 1 rings (SSSR count). The van der Waals surface area contributed by atoms with Crippen LogP contribution in [0.5, 0.6) is 5.75 Å². The van der Waals surface area contributed by atoms with E-state index in [0.29, 0.717) is 17.9 Å². The molecule has 18 heavy (non-hydrogen) atoms. The fourth-order valence-corrected chi connectivity index (χ4v) is 1.79. The fourth-order valence-electron chi connectivity index (χ4n) is 1.79. The number of aliphatic hydroxyl groups is 1. The second kappa shape index (κ2) is 6.71. The predicted molar refractivity (Wildman–Crippen MR) is 70.0 cm³/mol. The quantitative estimate of drug-likeness (QED) is 0.821. The molecule has 0 spiro atoms. The number of nitrogens with two attached hydrogens (primary N) is 1. The first-order chi connectivity index (χ1) is 8.45. The second-order valence-electron chi connectivity index (χ2n) is 4.96. The first-order valence-corrected chi connectivity index (χ1v) is 6.22. The number of methoxy groups -OCH3 is 1. The van der Waals surface area contributed by atoms with E-state index in [0.717, 1.165) is 6.42 Å². The van der Waals surface area contributed by atoms with E-state index in [4.69, 9.17) is 10.5 Å². The molecule has 0 unspecified atom stereocenters. The Morgan fingerprint density at radius 3 is 2.56 bits per heavy atom. The van der Waals surface area contributed by atoms with E-state index in [1.54, 1.807) is 12.1 Å². The molecule has 0 heterocycles. The number of hydrogen-bond acceptors (Lipinski definition) is 3. The molecule has 4 heteroatoms. The third kappa shape index (κ3) is 3.96. The maximum Gasteiger partial charge on any atom is 0.165 e. The van der Waals surface area contributed by atoms with E-state index in [2.05, 4.69) is 13.8 Å². The van der Waals surface area contributed by atoms with Crippen molar-refractivity contribution in [3.63, 3.8) is 0 Å². The zero-order valence-corrected chi connectivity index (χ0v) is 11.2. The summed E-state index contributed by atoms with van der Waals surface area (Å²) in [7, 11) is 1.41. The summed E-state index contributed by atoms with van der Waals surface area (Å²) < 4.78 is 18.2. The van der Waals surface area contributed by atoms with Crippen molar-refractivity contribution in [2.45, 2.75) is 38.8 Å². The van der Waals surface area contributed by atoms with Gasteiger partial charge in [-0.05, 0) is 36.5 Å². The molecule has 0 saturated heterocycles. The van der Waals surface area contributed by atoms with E-state index in [-0.39, 0.29) is 5.75 Å². The molecule has 0 aliphatic heterocycles. The average molecular weight is 255 g/mol. The van der Waals surface area contributed by atoms with Crippen molar-refractivity contribution in [3.05, 3.63) is 29.6 Å². The molecule has 0 aliphatic carbocycles. The van der Waals surface area contributed by atoms with Crippen molar-refractivity contribution in [1.82, 2.24) is 0 Å². The monoisotopic (exact) mass is 255 g/mol. The second-order valence-corrected chi connectivity index (χ2v) is 4.96. The molecule has 2 atom stereocenters. The molecular weight excluding hydrogens is 233 g/mol. The molecule has 0 radical (unpaired) electrons. The van der Waals surface area contributed by atoms with E-state index in [1.165, 1.54) is 13.2 Å². The molecule has 0 aliphatic rings. The van der Waals surface area contributed by atoms with Crippen LogP contribution in [-0.4, -0.2) is 18.3 Å². The fraction of sp³-hybridized carbons (Fsp3) is 0.571. The molecule has 3 N–H and O–H groups in total. The summed E-state index contributed by atoms with van der Waals surface area (Å²) in [5, 5.41) is 9.99. The Labute approximate surface area is 108 Å². The van der Waals surface area contributed by atoms with Gasteiger partial charge in [-0.25, -0.2) is 4.39 Å². The number of benzene rings is 1. The van der Waals surface area contributed by atoms with Crippen LogP contribution in [-0.2, 0) is 0 Å². The van der Waals surface area contributed by atoms with E-state index < -0.39 is 18.0 Å². The maximum absolute atomic E-state index is 13.3. The first-order valence-electron chi connectivity index (χ1n) is 6.22. The van der Waals surface area contributed by atoms with Crippen LogP contribution in [0.4, 0.5) is 4.39 Å². The Hall–Kier alpha value is -1.13. The first kappa shape index (κ1) is 14.9. The molecule has 1 aromatic carbocycles. The summed E-state index contributed by atoms with van der Waals surface area (Å²) in [6.07, 6.45) is 0.925. The van der Waals surface area contributed by atoms with Gasteiger partial charge in [0, 0.05) is 0 Å². The van der Waals surface area contributed by atoms with E-state index in [9.17, 15) is 9.50 Å². The maximum atomic E-state index is 13.3. The van der Waals surface area contributed by atoms with Gasteiger partial charge in [-0.1, -0.05) is 19.9 Å². The summed E-state index contributed by atoms with van der Waals surface area (Å²) in [5.41, 5.74) is 6.66. The smallest absolute Gasteiger partial charge is 0.165 e. The Balaban J connectivity index is 2.73. The third-order valence-electron chi connectivity index (χ3n) is 3.01. The van der Waals surface area contributed by atoms with Crippen molar-refractivity contribution in [3.8, 4) is 5.75 Å². The van der Waals surface area contributed by atoms with Crippen LogP contribution in [0.25, 0.3) is 0 Å². The summed E-state index contributed by atoms with van der Waals surface area (Å²) in [4.78, 5) is 0. The highest BCUT2D eigenvalue weighted by Crippen LogP contribution is 2.25. The molecule has 0 fully saturated rings. The van der Waals surface area contributed by atoms with Crippen LogP contribution in [0.15, 0.2) is 18.2 Å². The zero-order valence-electron chi connectivity index (χ0n) is 11.2. The van der Waals surface area contributed by atoms with Crippen LogP contribution >= 0.6 is 0 Å². The molecule has 0 bridgehead atoms. The lowest BCUT2D eigenvalue weighted by molar-refractivity contribution is 0.128. The van der Waals surface area contributed by atoms with Gasteiger partial charge in [-0.3, -0.25) is 0 Å². The van der Waals surface area contributed by atoms with Crippen molar-refractivity contribution in [1.29, 1.82) is 0 Å². The van der Waals surface area contributed by atoms with Gasteiger partial charge in [0.1, 0.15) is 0 Å². The van der Waals surface area contributed by atoms with Gasteiger partial charge in [-0.2, -0.15) is 0 Å². The molecular formula is C14H22FNO2. The molecule has 3 nitrogen and oxygen atoms in total. The van der Waals surface area contributed by atoms with E-state index in [1.807, 2.05) is 0 Å². The van der Waals surface area contributed by atoms with Gasteiger partial charge in [0.15, 0.2) is 11.6 Å². The Morgan fingerprint density at radius 2 is 2.00 bits per heavy atom. The largest absolute Gasteiger partial charge is 0.494 e. The summed E-state index contributed by atoms with van der Waals surface area (Å²) in [5.74, 6) is 0.249. The van der Waals surface area contributed by atoms with E-state index >= 15 is 0 Å². The Bertz CT molecular complexity index is 382. The number of ether oxygens (including phenoxy) is 1. The van der Waals surface area contributed by atoms with Gasteiger partial charge in [0.05, 0.1) is 19.3 Å². The number of rotatable bonds is 6. The normalized spacial score (nSPS) is 14.6. The summed E-state index contributed by atoms with van der Waals surface area (Å²) >= 11 is 0. The topological polar surface area (TPSA) is 55.5 Å². The van der Waals surface area contributed by atoms with Crippen LogP contribution in [0.2, 0.25) is 0 Å². The Kier molecular flexibility index (Phi) is 5.56. The lowest BCUT2D eigenvalue weighted by atomic mass is 9.96. The minimum absolute atomic E-state index is 0.152. The summed E-state index contributed by atoms with van der Waals surface area (Å²) in [6.45, 7) is 4.19. The van der Waals surface area contributed by atoms with Gasteiger partial charge >= 0.3 is 0 Å². The minimum atomic E-state index is -0.623. The molecule has 0 amide bonds. The average Bonchev–Trinajstić information content (AvgIpc) is 2.35. The highest BCUT2D eigenvalue weighted by molar-refractivity contribution is 5.32. The van der Waals surface area contributed by atoms with Crippen LogP contribution in [0, 0.1) is 11.7 Å². The standard InChI is InChI=1S/C14H22FNO2/c1-9(2)4-7-12(17)14(16)10-5-6-11(15)13(8-10)18-3/h5-6,8-9,12,14,17H,4,7,16H2,1-3H3/t12-,14+/m0/s1. The minimum Gasteiger partial charge on any atom is -0.494 e. The molecule has 102 valence electrons. The predicted octanol–water partition coefficient (Wildman–Crippen LogP) is 2.63. The molecule has 0 saturated carbocycles. The van der Waals surface area contributed by atoms with Gasteiger partial charge in [-0.15, -0.1) is 0 Å². The van der Waals surface area contributed by atoms with Gasteiger partial charge in [0.2, 0.25) is 0 Å². The highest BCUT2D eigenvalue weighted by atomic mass is 19.1. The lowest BCUT2D eigenvalue weighted by Crippen LogP contribution is -2.26. The van der Waals surface area contributed by atoms with Crippen molar-refractivity contribution in [2.24, 2.45) is 11.7 Å². The Morgan fingerprint density at radius 1 is 1.33 bits per heavy atom. The highest BCUT2D eigenvalue weighted by Gasteiger charge is 2.18. The van der Waals surface area contributed by atoms with Crippen LogP contribution in [0.3, 0.4) is 0 Å². The number of halogens is 1. The zero-order chi connectivity index (χ0) is 13.7. The number of hydrogen-bond donors (Lipinski definition) is 2. The van der Waals surface area contributed by atoms with Crippen molar-refractivity contribution < 1.29 is 14.2 Å². The van der Waals surface area contributed by atoms with Crippen LogP contribution in [0.1, 0.15) is 38.3 Å². The van der Waals surface area contributed by atoms with Crippen molar-refractivity contribution >= 4 is 0 Å². The third-order valence-corrected chi connectivity index (χ3v) is 3.01. The lowest BCUT2D eigenvalue weighted by Gasteiger charge is -2.20. The summed E-state index contributed by atoms with van der Waals surface area (Å²) in [6, 6.07) is 3.92. The van der Waals surface area contributed by atoms with Crippen molar-refractivity contribution in [2.75, 3.05) is 7.11 Å².